The van der Waals surface area contributed by atoms with Gasteiger partial charge in [0.25, 0.3) is 0 Å². The van der Waals surface area contributed by atoms with E-state index in [0.29, 0.717) is 0 Å². The molecule has 0 spiro atoms. The SMILES string of the molecule is N#Cc1cc(F)c(N2CCNC(=O)C2CC(=O)O)c(F)c1. The standard InChI is InChI=1S/C13H11F2N3O3/c14-8-3-7(6-16)4-9(15)12(8)18-2-1-17-13(21)10(18)5-11(19)20/h3-4,10H,1-2,5H2,(H,17,21)(H,19,20). The van der Waals surface area contributed by atoms with Crippen LogP contribution in [0.25, 0.3) is 0 Å². The molecule has 1 aromatic carbocycles. The van der Waals surface area contributed by atoms with Crippen molar-refractivity contribution in [3.05, 3.63) is 29.3 Å². The lowest BCUT2D eigenvalue weighted by molar-refractivity contribution is -0.139. The number of nitrogens with zero attached hydrogens (tertiary/aromatic N) is 2. The quantitative estimate of drug-likeness (QED) is 0.852. The second-order valence-corrected chi connectivity index (χ2v) is 4.50. The molecule has 1 aliphatic heterocycles. The van der Waals surface area contributed by atoms with Crippen molar-refractivity contribution >= 4 is 17.6 Å². The molecular weight excluding hydrogens is 284 g/mol. The Labute approximate surface area is 118 Å². The number of hydrogen-bond acceptors (Lipinski definition) is 4. The fourth-order valence-electron chi connectivity index (χ4n) is 2.26. The molecule has 1 aliphatic rings. The zero-order valence-electron chi connectivity index (χ0n) is 10.8. The zero-order chi connectivity index (χ0) is 15.6. The number of nitrogens with one attached hydrogen (secondary N) is 1. The van der Waals surface area contributed by atoms with Crippen molar-refractivity contribution in [1.82, 2.24) is 5.32 Å². The molecule has 0 aromatic heterocycles. The molecule has 2 N–H and O–H groups in total. The van der Waals surface area contributed by atoms with Crippen LogP contribution in [0.3, 0.4) is 0 Å². The number of anilines is 1. The predicted octanol–water partition coefficient (Wildman–Crippen LogP) is 0.616. The minimum Gasteiger partial charge on any atom is -0.481 e. The summed E-state index contributed by atoms with van der Waals surface area (Å²) in [5.41, 5.74) is -0.680. The number of carboxylic acids is 1. The first-order valence-corrected chi connectivity index (χ1v) is 6.09. The molecule has 0 radical (unpaired) electrons. The van der Waals surface area contributed by atoms with Gasteiger partial charge in [0.2, 0.25) is 5.91 Å². The maximum atomic E-state index is 14.0. The number of amides is 1. The Morgan fingerprint density at radius 1 is 1.48 bits per heavy atom. The van der Waals surface area contributed by atoms with Crippen molar-refractivity contribution in [1.29, 1.82) is 5.26 Å². The third-order valence-electron chi connectivity index (χ3n) is 3.13. The Bertz CT molecular complexity index is 619. The molecule has 1 unspecified atom stereocenters. The first kappa shape index (κ1) is 14.7. The van der Waals surface area contributed by atoms with Gasteiger partial charge in [0, 0.05) is 13.1 Å². The molecule has 1 saturated heterocycles. The first-order chi connectivity index (χ1) is 9.93. The van der Waals surface area contributed by atoms with Crippen LogP contribution in [0.15, 0.2) is 12.1 Å². The molecular formula is C13H11F2N3O3. The van der Waals surface area contributed by atoms with Crippen molar-refractivity contribution in [3.63, 3.8) is 0 Å². The summed E-state index contributed by atoms with van der Waals surface area (Å²) in [6.45, 7) is 0.220. The Hall–Kier alpha value is -2.69. The van der Waals surface area contributed by atoms with E-state index in [2.05, 4.69) is 5.32 Å². The number of hydrogen-bond donors (Lipinski definition) is 2. The van der Waals surface area contributed by atoms with Crippen LogP contribution >= 0.6 is 0 Å². The Kier molecular flexibility index (Phi) is 4.03. The number of nitriles is 1. The van der Waals surface area contributed by atoms with Gasteiger partial charge in [0.05, 0.1) is 18.1 Å². The molecule has 1 fully saturated rings. The van der Waals surface area contributed by atoms with E-state index in [-0.39, 0.29) is 18.7 Å². The maximum absolute atomic E-state index is 14.0. The molecule has 1 aromatic rings. The normalized spacial score (nSPS) is 18.0. The van der Waals surface area contributed by atoms with E-state index in [9.17, 15) is 18.4 Å². The molecule has 21 heavy (non-hydrogen) atoms. The summed E-state index contributed by atoms with van der Waals surface area (Å²) in [7, 11) is 0. The van der Waals surface area contributed by atoms with Crippen LogP contribution < -0.4 is 10.2 Å². The highest BCUT2D eigenvalue weighted by Gasteiger charge is 2.34. The number of halogens is 2. The predicted molar refractivity (Wildman–Crippen MR) is 67.5 cm³/mol. The fourth-order valence-corrected chi connectivity index (χ4v) is 2.26. The van der Waals surface area contributed by atoms with E-state index in [1.54, 1.807) is 6.07 Å². The van der Waals surface area contributed by atoms with Crippen molar-refractivity contribution < 1.29 is 23.5 Å². The van der Waals surface area contributed by atoms with Crippen molar-refractivity contribution in [3.8, 4) is 6.07 Å². The van der Waals surface area contributed by atoms with E-state index in [4.69, 9.17) is 10.4 Å². The number of aliphatic carboxylic acids is 1. The molecule has 2 rings (SSSR count). The lowest BCUT2D eigenvalue weighted by atomic mass is 10.1. The summed E-state index contributed by atoms with van der Waals surface area (Å²) in [4.78, 5) is 23.7. The van der Waals surface area contributed by atoms with E-state index in [1.165, 1.54) is 0 Å². The Morgan fingerprint density at radius 3 is 2.62 bits per heavy atom. The van der Waals surface area contributed by atoms with Crippen LogP contribution in [-0.2, 0) is 9.59 Å². The number of benzene rings is 1. The van der Waals surface area contributed by atoms with Crippen LogP contribution in [-0.4, -0.2) is 36.1 Å². The molecule has 0 bridgehead atoms. The summed E-state index contributed by atoms with van der Waals surface area (Å²) in [5.74, 6) is -3.86. The van der Waals surface area contributed by atoms with E-state index in [0.717, 1.165) is 17.0 Å². The van der Waals surface area contributed by atoms with Crippen molar-refractivity contribution in [2.75, 3.05) is 18.0 Å². The summed E-state index contributed by atoms with van der Waals surface area (Å²) < 4.78 is 28.0. The van der Waals surface area contributed by atoms with Gasteiger partial charge >= 0.3 is 5.97 Å². The first-order valence-electron chi connectivity index (χ1n) is 6.09. The molecule has 8 heteroatoms. The van der Waals surface area contributed by atoms with Crippen molar-refractivity contribution in [2.45, 2.75) is 12.5 Å². The Balaban J connectivity index is 2.45. The van der Waals surface area contributed by atoms with Gasteiger partial charge in [-0.15, -0.1) is 0 Å². The lowest BCUT2D eigenvalue weighted by Gasteiger charge is -2.36. The van der Waals surface area contributed by atoms with Gasteiger partial charge in [-0.05, 0) is 12.1 Å². The zero-order valence-corrected chi connectivity index (χ0v) is 10.8. The van der Waals surface area contributed by atoms with Gasteiger partial charge in [-0.1, -0.05) is 0 Å². The minimum absolute atomic E-state index is 0.0728. The highest BCUT2D eigenvalue weighted by atomic mass is 19.1. The van der Waals surface area contributed by atoms with E-state index in [1.807, 2.05) is 0 Å². The summed E-state index contributed by atoms with van der Waals surface area (Å²) >= 11 is 0. The topological polar surface area (TPSA) is 93.4 Å². The van der Waals surface area contributed by atoms with Gasteiger partial charge in [0.1, 0.15) is 11.7 Å². The fraction of sp³-hybridized carbons (Fsp3) is 0.308. The molecule has 1 atom stereocenters. The summed E-state index contributed by atoms with van der Waals surface area (Å²) in [5, 5.41) is 20.0. The number of carboxylic acid groups (broad SMARTS) is 1. The lowest BCUT2D eigenvalue weighted by Crippen LogP contribution is -2.56. The summed E-state index contributed by atoms with van der Waals surface area (Å²) in [6, 6.07) is 2.12. The van der Waals surface area contributed by atoms with Gasteiger partial charge in [-0.25, -0.2) is 8.78 Å². The second-order valence-electron chi connectivity index (χ2n) is 4.50. The number of rotatable bonds is 3. The number of carbonyl (C=O) groups excluding carboxylic acids is 1. The molecule has 1 heterocycles. The second kappa shape index (κ2) is 5.75. The molecule has 110 valence electrons. The van der Waals surface area contributed by atoms with Crippen LogP contribution in [0.4, 0.5) is 14.5 Å². The summed E-state index contributed by atoms with van der Waals surface area (Å²) in [6.07, 6.45) is -0.579. The van der Waals surface area contributed by atoms with Gasteiger partial charge in [-0.2, -0.15) is 5.26 Å². The van der Waals surface area contributed by atoms with Crippen LogP contribution in [0.2, 0.25) is 0 Å². The molecule has 1 amide bonds. The third-order valence-corrected chi connectivity index (χ3v) is 3.13. The van der Waals surface area contributed by atoms with Gasteiger partial charge in [-0.3, -0.25) is 9.59 Å². The third kappa shape index (κ3) is 2.91. The average molecular weight is 295 g/mol. The molecule has 0 saturated carbocycles. The van der Waals surface area contributed by atoms with Crippen molar-refractivity contribution in [2.24, 2.45) is 0 Å². The minimum atomic E-state index is -1.25. The van der Waals surface area contributed by atoms with E-state index >= 15 is 0 Å². The van der Waals surface area contributed by atoms with Gasteiger partial charge < -0.3 is 15.3 Å². The van der Waals surface area contributed by atoms with E-state index < -0.39 is 41.7 Å². The number of carbonyl (C=O) groups is 2. The monoisotopic (exact) mass is 295 g/mol. The van der Waals surface area contributed by atoms with Crippen LogP contribution in [0, 0.1) is 23.0 Å². The van der Waals surface area contributed by atoms with Crippen LogP contribution in [0.1, 0.15) is 12.0 Å². The molecule has 6 nitrogen and oxygen atoms in total. The van der Waals surface area contributed by atoms with Crippen LogP contribution in [0.5, 0.6) is 0 Å². The molecule has 0 aliphatic carbocycles. The highest BCUT2D eigenvalue weighted by molar-refractivity contribution is 5.90. The highest BCUT2D eigenvalue weighted by Crippen LogP contribution is 2.28. The maximum Gasteiger partial charge on any atom is 0.305 e. The van der Waals surface area contributed by atoms with Gasteiger partial charge in [0.15, 0.2) is 11.6 Å². The average Bonchev–Trinajstić information content (AvgIpc) is 2.41. The smallest absolute Gasteiger partial charge is 0.305 e. The number of piperazine rings is 1. The largest absolute Gasteiger partial charge is 0.481 e. The Morgan fingerprint density at radius 2 is 2.10 bits per heavy atom.